The van der Waals surface area contributed by atoms with Gasteiger partial charge in [-0.05, 0) is 17.7 Å². The van der Waals surface area contributed by atoms with Gasteiger partial charge in [0.2, 0.25) is 5.78 Å². The Morgan fingerprint density at radius 1 is 0.848 bits per heavy atom. The zero-order chi connectivity index (χ0) is 23.9. The van der Waals surface area contributed by atoms with Gasteiger partial charge in [0.25, 0.3) is 0 Å². The van der Waals surface area contributed by atoms with Crippen molar-refractivity contribution in [1.29, 1.82) is 0 Å². The summed E-state index contributed by atoms with van der Waals surface area (Å²) in [6.07, 6.45) is -1.89. The maximum absolute atomic E-state index is 13.3. The summed E-state index contributed by atoms with van der Waals surface area (Å²) in [6, 6.07) is 5.83. The molecule has 0 saturated heterocycles. The average molecular weight is 456 g/mol. The van der Waals surface area contributed by atoms with Crippen LogP contribution in [0.15, 0.2) is 24.3 Å². The van der Waals surface area contributed by atoms with Gasteiger partial charge in [-0.1, -0.05) is 0 Å². The summed E-state index contributed by atoms with van der Waals surface area (Å²) in [5.41, 5.74) is 1.27. The molecule has 0 bridgehead atoms. The largest absolute Gasteiger partial charge is 0.496 e. The van der Waals surface area contributed by atoms with Crippen molar-refractivity contribution in [1.82, 2.24) is 0 Å². The summed E-state index contributed by atoms with van der Waals surface area (Å²) in [7, 11) is 1.38. The van der Waals surface area contributed by atoms with Gasteiger partial charge in [0, 0.05) is 38.5 Å². The van der Waals surface area contributed by atoms with Crippen LogP contribution in [0.5, 0.6) is 28.7 Å². The third-order valence-electron chi connectivity index (χ3n) is 4.99. The Labute approximate surface area is 188 Å². The minimum Gasteiger partial charge on any atom is -0.496 e. The molecule has 172 valence electrons. The van der Waals surface area contributed by atoms with Crippen molar-refractivity contribution < 1.29 is 47.6 Å². The number of hydrogen-bond acceptors (Lipinski definition) is 10. The van der Waals surface area contributed by atoms with Crippen LogP contribution in [0.3, 0.4) is 0 Å². The fourth-order valence-electron chi connectivity index (χ4n) is 3.81. The predicted molar refractivity (Wildman–Crippen MR) is 110 cm³/mol. The smallest absolute Gasteiger partial charge is 0.308 e. The lowest BCUT2D eigenvalue weighted by molar-refractivity contribution is -0.134. The van der Waals surface area contributed by atoms with Crippen LogP contribution >= 0.6 is 0 Å². The number of ketones is 1. The SMILES string of the molecule is COc1cc(OC(C)=O)cc2c1C(=O)[C@@H]1OCc3cc(OC(C)=O)c(OC(C)=O)cc3[C@H]1O2. The molecule has 0 N–H and O–H groups in total. The highest BCUT2D eigenvalue weighted by molar-refractivity contribution is 6.06. The zero-order valence-corrected chi connectivity index (χ0v) is 18.3. The molecule has 0 aliphatic carbocycles. The molecule has 4 rings (SSSR count). The second kappa shape index (κ2) is 8.55. The molecule has 0 fully saturated rings. The summed E-state index contributed by atoms with van der Waals surface area (Å²) in [6.45, 7) is 3.71. The van der Waals surface area contributed by atoms with Gasteiger partial charge in [0.1, 0.15) is 22.8 Å². The van der Waals surface area contributed by atoms with E-state index in [4.69, 9.17) is 28.4 Å². The van der Waals surface area contributed by atoms with E-state index in [1.54, 1.807) is 0 Å². The highest BCUT2D eigenvalue weighted by atomic mass is 16.6. The molecular weight excluding hydrogens is 436 g/mol. The van der Waals surface area contributed by atoms with Gasteiger partial charge in [-0.3, -0.25) is 19.2 Å². The minimum atomic E-state index is -0.997. The Bertz CT molecular complexity index is 1180. The van der Waals surface area contributed by atoms with Crippen LogP contribution in [0, 0.1) is 0 Å². The fourth-order valence-corrected chi connectivity index (χ4v) is 3.81. The molecule has 0 aromatic heterocycles. The molecule has 0 radical (unpaired) electrons. The first-order chi connectivity index (χ1) is 15.7. The highest BCUT2D eigenvalue weighted by Gasteiger charge is 2.45. The molecule has 0 saturated carbocycles. The van der Waals surface area contributed by atoms with Crippen LogP contribution in [-0.2, 0) is 25.7 Å². The van der Waals surface area contributed by atoms with Crippen molar-refractivity contribution in [3.8, 4) is 28.7 Å². The van der Waals surface area contributed by atoms with Crippen LogP contribution in [0.4, 0.5) is 0 Å². The predicted octanol–water partition coefficient (Wildman–Crippen LogP) is 2.69. The van der Waals surface area contributed by atoms with E-state index in [1.807, 2.05) is 0 Å². The van der Waals surface area contributed by atoms with Crippen molar-refractivity contribution in [2.45, 2.75) is 39.6 Å². The van der Waals surface area contributed by atoms with Crippen molar-refractivity contribution >= 4 is 23.7 Å². The monoisotopic (exact) mass is 456 g/mol. The Balaban J connectivity index is 1.81. The quantitative estimate of drug-likeness (QED) is 0.501. The van der Waals surface area contributed by atoms with Gasteiger partial charge in [-0.15, -0.1) is 0 Å². The summed E-state index contributed by atoms with van der Waals surface area (Å²) in [4.78, 5) is 47.8. The second-order valence-corrected chi connectivity index (χ2v) is 7.41. The van der Waals surface area contributed by atoms with Gasteiger partial charge >= 0.3 is 17.9 Å². The van der Waals surface area contributed by atoms with Crippen LogP contribution in [0.25, 0.3) is 0 Å². The number of carbonyl (C=O) groups is 4. The van der Waals surface area contributed by atoms with E-state index in [0.717, 1.165) is 0 Å². The lowest BCUT2D eigenvalue weighted by Gasteiger charge is -2.37. The first kappa shape index (κ1) is 22.3. The number of carbonyl (C=O) groups excluding carboxylic acids is 4. The molecule has 2 aromatic carbocycles. The van der Waals surface area contributed by atoms with E-state index < -0.39 is 30.1 Å². The number of esters is 3. The number of Topliss-reactive ketones (excluding diaryl/α,β-unsaturated/α-hetero) is 1. The van der Waals surface area contributed by atoms with Gasteiger partial charge in [0.15, 0.2) is 23.7 Å². The number of methoxy groups -OCH3 is 1. The average Bonchev–Trinajstić information content (AvgIpc) is 2.72. The molecule has 0 unspecified atom stereocenters. The Morgan fingerprint density at radius 3 is 2.09 bits per heavy atom. The Kier molecular flexibility index (Phi) is 5.77. The maximum Gasteiger partial charge on any atom is 0.308 e. The number of fused-ring (bicyclic) bond motifs is 4. The van der Waals surface area contributed by atoms with E-state index in [1.165, 1.54) is 52.1 Å². The summed E-state index contributed by atoms with van der Waals surface area (Å²) in [5.74, 6) is -1.63. The van der Waals surface area contributed by atoms with Crippen LogP contribution in [-0.4, -0.2) is 36.9 Å². The topological polar surface area (TPSA) is 124 Å². The molecule has 0 spiro atoms. The molecule has 2 aliphatic rings. The highest BCUT2D eigenvalue weighted by Crippen LogP contribution is 2.47. The first-order valence-electron chi connectivity index (χ1n) is 9.94. The number of ether oxygens (including phenoxy) is 6. The van der Waals surface area contributed by atoms with Crippen molar-refractivity contribution in [2.75, 3.05) is 7.11 Å². The zero-order valence-electron chi connectivity index (χ0n) is 18.3. The molecule has 10 nitrogen and oxygen atoms in total. The molecule has 2 atom stereocenters. The maximum atomic E-state index is 13.3. The van der Waals surface area contributed by atoms with Crippen molar-refractivity contribution in [3.05, 3.63) is 41.0 Å². The molecule has 2 heterocycles. The number of rotatable bonds is 4. The molecule has 2 aromatic rings. The van der Waals surface area contributed by atoms with Crippen LogP contribution < -0.4 is 23.7 Å². The van der Waals surface area contributed by atoms with E-state index in [0.29, 0.717) is 11.1 Å². The van der Waals surface area contributed by atoms with Gasteiger partial charge in [-0.2, -0.15) is 0 Å². The number of hydrogen-bond donors (Lipinski definition) is 0. The lowest BCUT2D eigenvalue weighted by Crippen LogP contribution is -2.41. The fraction of sp³-hybridized carbons (Fsp3) is 0.304. The van der Waals surface area contributed by atoms with Crippen molar-refractivity contribution in [3.63, 3.8) is 0 Å². The normalized spacial score (nSPS) is 18.1. The Morgan fingerprint density at radius 2 is 1.48 bits per heavy atom. The minimum absolute atomic E-state index is 0.00481. The number of benzene rings is 2. The Hall–Kier alpha value is -3.92. The third kappa shape index (κ3) is 4.24. The van der Waals surface area contributed by atoms with E-state index in [-0.39, 0.29) is 46.7 Å². The molecule has 2 aliphatic heterocycles. The molecule has 10 heteroatoms. The van der Waals surface area contributed by atoms with E-state index in [2.05, 4.69) is 0 Å². The first-order valence-corrected chi connectivity index (χ1v) is 9.94. The summed E-state index contributed by atoms with van der Waals surface area (Å²) in [5, 5.41) is 0. The third-order valence-corrected chi connectivity index (χ3v) is 4.99. The summed E-state index contributed by atoms with van der Waals surface area (Å²) < 4.78 is 32.7. The van der Waals surface area contributed by atoms with E-state index in [9.17, 15) is 19.2 Å². The van der Waals surface area contributed by atoms with Gasteiger partial charge in [0.05, 0.1) is 13.7 Å². The molecule has 33 heavy (non-hydrogen) atoms. The van der Waals surface area contributed by atoms with Crippen molar-refractivity contribution in [2.24, 2.45) is 0 Å². The molecular formula is C23H20O10. The summed E-state index contributed by atoms with van der Waals surface area (Å²) >= 11 is 0. The standard InChI is InChI=1S/C23H20O10/c1-10(24)30-14-6-18(28-4)20-19(7-14)33-22-15-8-17(32-12(3)26)16(31-11(2)25)5-13(15)9-29-23(22)21(20)27/h5-8,22-23H,9H2,1-4H3/t22-,23+/m1/s1. The van der Waals surface area contributed by atoms with E-state index >= 15 is 0 Å². The second-order valence-electron chi connectivity index (χ2n) is 7.41. The lowest BCUT2D eigenvalue weighted by atomic mass is 9.88. The van der Waals surface area contributed by atoms with Crippen LogP contribution in [0.2, 0.25) is 0 Å². The van der Waals surface area contributed by atoms with Crippen LogP contribution in [0.1, 0.15) is 48.4 Å². The van der Waals surface area contributed by atoms with Gasteiger partial charge in [-0.25, -0.2) is 0 Å². The molecule has 0 amide bonds. The van der Waals surface area contributed by atoms with Gasteiger partial charge < -0.3 is 28.4 Å².